The molecule has 0 spiro atoms. The van der Waals surface area contributed by atoms with Gasteiger partial charge >= 0.3 is 76.3 Å². The second-order valence-electron chi connectivity index (χ2n) is 19.0. The van der Waals surface area contributed by atoms with Crippen LogP contribution in [0.3, 0.4) is 0 Å². The number of carboxylic acid groups (broad SMARTS) is 4. The number of aryl methyl sites for hydroxylation is 2. The number of alkyl halides is 6. The smallest absolute Gasteiger partial charge is 0.870 e. The van der Waals surface area contributed by atoms with Crippen LogP contribution in [0.5, 0.6) is 23.0 Å². The molecular weight excluding hydrogens is 1400 g/mol. The number of methoxy groups -OCH3 is 2. The Bertz CT molecular complexity index is 1600. The molecule has 2 aromatic rings. The van der Waals surface area contributed by atoms with Crippen LogP contribution in [0, 0.1) is 112 Å². The summed E-state index contributed by atoms with van der Waals surface area (Å²) in [7, 11) is 2.94. The third-order valence-electron chi connectivity index (χ3n) is 7.89. The summed E-state index contributed by atoms with van der Waals surface area (Å²) in [5.74, 6) is -3.64. The van der Waals surface area contributed by atoms with Gasteiger partial charge in [0.05, 0.1) is 40.6 Å². The summed E-state index contributed by atoms with van der Waals surface area (Å²) in [5, 5.41) is 99.4. The Morgan fingerprint density at radius 3 is 0.757 bits per heavy atom. The van der Waals surface area contributed by atoms with Crippen LogP contribution in [-0.2, 0) is 32.3 Å². The van der Waals surface area contributed by atoms with E-state index in [-0.39, 0.29) is 114 Å². The van der Waals surface area contributed by atoms with Gasteiger partial charge in [0.25, 0.3) is 0 Å². The fourth-order valence-electron chi connectivity index (χ4n) is 3.75. The number of carbonyl (C=O) groups excluding carboxylic acids is 4. The zero-order valence-electron chi connectivity index (χ0n) is 45.0. The van der Waals surface area contributed by atoms with Crippen molar-refractivity contribution in [3.63, 3.8) is 0 Å². The number of carbonyl (C=O) groups is 4. The maximum Gasteiger partial charge on any atom is 3.00 e. The topological polar surface area (TPSA) is 312 Å². The van der Waals surface area contributed by atoms with Crippen LogP contribution >= 0.6 is 69.6 Å². The molecule has 26 heteroatoms. The first-order valence-corrected chi connectivity index (χ1v) is 24.4. The van der Waals surface area contributed by atoms with Crippen LogP contribution in [0.2, 0.25) is 0 Å². The largest absolute Gasteiger partial charge is 3.00 e. The van der Waals surface area contributed by atoms with Gasteiger partial charge in [-0.05, 0) is 48.2 Å². The van der Waals surface area contributed by atoms with Gasteiger partial charge in [0.2, 0.25) is 0 Å². The van der Waals surface area contributed by atoms with Gasteiger partial charge in [-0.1, -0.05) is 176 Å². The van der Waals surface area contributed by atoms with E-state index in [2.05, 4.69) is 0 Å². The Labute approximate surface area is 530 Å². The molecule has 0 bridgehead atoms. The van der Waals surface area contributed by atoms with Crippen molar-refractivity contribution >= 4 is 93.5 Å². The SMILES string of the molecule is CC(C)(C)C(=O)[O-].CC(C)(C)C(=O)[O-].CC(C)(C)C(=O)[O-].CC(C)(C)C(=O)[O-].COc1cc(C)cc(CN(CCO)CCO)c1[O-].COc1cc(C)cc(CN(CCO)CCO)c1[O-].ClC(Cl)Cl.ClC(Cl)Cl.[Dy+3].[Dy+3]. The Kier molecular flexibility index (Phi) is 59.0. The molecule has 74 heavy (non-hydrogen) atoms. The van der Waals surface area contributed by atoms with Crippen LogP contribution in [0.15, 0.2) is 24.3 Å². The molecule has 0 saturated heterocycles. The average Bonchev–Trinajstić information content (AvgIpc) is 3.20. The van der Waals surface area contributed by atoms with E-state index in [0.29, 0.717) is 61.9 Å². The summed E-state index contributed by atoms with van der Waals surface area (Å²) < 4.78 is 8.58. The van der Waals surface area contributed by atoms with Gasteiger partial charge < -0.3 is 79.7 Å². The first kappa shape index (κ1) is 90.1. The zero-order chi connectivity index (χ0) is 58.6. The van der Waals surface area contributed by atoms with Crippen LogP contribution in [-0.4, -0.2) is 130 Å². The van der Waals surface area contributed by atoms with Gasteiger partial charge in [-0.2, -0.15) is 0 Å². The molecule has 0 atom stereocenters. The fourth-order valence-corrected chi connectivity index (χ4v) is 3.75. The molecule has 0 amide bonds. The van der Waals surface area contributed by atoms with E-state index in [1.165, 1.54) is 14.2 Å². The maximum absolute atomic E-state index is 12.0. The molecule has 0 aromatic heterocycles. The van der Waals surface area contributed by atoms with E-state index in [1.807, 2.05) is 35.8 Å². The minimum absolute atomic E-state index is 0. The number of aliphatic carboxylic acids is 4. The van der Waals surface area contributed by atoms with Crippen molar-refractivity contribution in [3.05, 3.63) is 46.5 Å². The number of benzene rings is 2. The van der Waals surface area contributed by atoms with Gasteiger partial charge in [-0.15, -0.1) is 0 Å². The molecule has 0 aliphatic rings. The quantitative estimate of drug-likeness (QED) is 0.198. The van der Waals surface area contributed by atoms with Gasteiger partial charge in [-0.3, -0.25) is 9.80 Å². The first-order chi connectivity index (χ1) is 32.5. The van der Waals surface area contributed by atoms with E-state index in [0.717, 1.165) is 11.1 Å². The third kappa shape index (κ3) is 56.3. The molecule has 0 fully saturated rings. The molecular formula is C48H78Cl6Dy2N2O16. The van der Waals surface area contributed by atoms with Crippen LogP contribution in [0.1, 0.15) is 105 Å². The molecule has 0 heterocycles. The molecule has 18 nitrogen and oxygen atoms in total. The summed E-state index contributed by atoms with van der Waals surface area (Å²) in [5.41, 5.74) is 0.367. The van der Waals surface area contributed by atoms with E-state index < -0.39 is 54.1 Å². The standard InChI is InChI=1S/2C13H21NO4.4C5H10O2.2CHCl3.2Dy/c2*1-10-7-11(13(17)12(8-10)18-2)9-14(3-5-15)4-6-16;4*1-5(2,3)4(6)7;2*2-1(3)4;;/h2*7-8,15-17H,3-6,9H2,1-2H3;4*1-3H3,(H,6,7);2*1H;;/q;;;;;;;;2*+3/p-6. The van der Waals surface area contributed by atoms with E-state index in [4.69, 9.17) is 99.5 Å². The van der Waals surface area contributed by atoms with Gasteiger partial charge in [-0.25, -0.2) is 0 Å². The van der Waals surface area contributed by atoms with Crippen molar-refractivity contribution in [1.29, 1.82) is 0 Å². The van der Waals surface area contributed by atoms with Crippen molar-refractivity contribution in [3.8, 4) is 23.0 Å². The number of aliphatic hydroxyl groups is 4. The molecule has 0 aliphatic carbocycles. The fraction of sp³-hybridized carbons (Fsp3) is 0.667. The first-order valence-electron chi connectivity index (χ1n) is 21.8. The van der Waals surface area contributed by atoms with Crippen molar-refractivity contribution in [2.75, 3.05) is 66.8 Å². The van der Waals surface area contributed by atoms with Crippen molar-refractivity contribution in [1.82, 2.24) is 9.80 Å². The summed E-state index contributed by atoms with van der Waals surface area (Å²) in [6, 6.07) is 7.03. The second kappa shape index (κ2) is 48.5. The monoisotopic (exact) mass is 1480 g/mol. The van der Waals surface area contributed by atoms with Crippen LogP contribution < -0.4 is 40.1 Å². The molecule has 0 unspecified atom stereocenters. The number of aliphatic hydroxyl groups excluding tert-OH is 4. The van der Waals surface area contributed by atoms with Crippen molar-refractivity contribution in [2.45, 2.75) is 119 Å². The molecule has 0 aliphatic heterocycles. The minimum atomic E-state index is -1.01. The number of ether oxygens (including phenoxy) is 2. The van der Waals surface area contributed by atoms with Crippen molar-refractivity contribution < 1.29 is 156 Å². The molecule has 0 saturated carbocycles. The maximum atomic E-state index is 12.0. The number of rotatable bonds is 14. The summed E-state index contributed by atoms with van der Waals surface area (Å²) in [4.78, 5) is 43.3. The molecule has 438 valence electrons. The predicted molar refractivity (Wildman–Crippen MR) is 274 cm³/mol. The summed E-state index contributed by atoms with van der Waals surface area (Å²) >= 11 is 28.8. The molecule has 2 rings (SSSR count). The van der Waals surface area contributed by atoms with Crippen LogP contribution in [0.4, 0.5) is 0 Å². The van der Waals surface area contributed by atoms with Gasteiger partial charge in [0, 0.05) is 84.8 Å². The van der Waals surface area contributed by atoms with Crippen LogP contribution in [0.25, 0.3) is 0 Å². The van der Waals surface area contributed by atoms with Crippen molar-refractivity contribution in [2.24, 2.45) is 21.7 Å². The summed E-state index contributed by atoms with van der Waals surface area (Å²) in [6.45, 7) is 25.5. The van der Waals surface area contributed by atoms with E-state index >= 15 is 0 Å². The molecule has 4 N–H and O–H groups in total. The summed E-state index contributed by atoms with van der Waals surface area (Å²) in [6.07, 6.45) is 0. The Balaban J connectivity index is -0.000000120. The third-order valence-corrected chi connectivity index (χ3v) is 7.89. The number of nitrogens with zero attached hydrogens (tertiary/aromatic N) is 2. The number of carboxylic acids is 4. The normalized spacial score (nSPS) is 10.6. The second-order valence-corrected chi connectivity index (χ2v) is 23.0. The zero-order valence-corrected chi connectivity index (χ0v) is 53.6. The Hall–Kier alpha value is -0.435. The van der Waals surface area contributed by atoms with Gasteiger partial charge in [0.15, 0.2) is 8.59 Å². The number of halogens is 6. The Morgan fingerprint density at radius 1 is 0.473 bits per heavy atom. The average molecular weight is 1480 g/mol. The van der Waals surface area contributed by atoms with E-state index in [9.17, 15) is 49.8 Å². The van der Waals surface area contributed by atoms with Gasteiger partial charge in [0.1, 0.15) is 11.5 Å². The molecule has 2 radical (unpaired) electrons. The number of hydrogen-bond donors (Lipinski definition) is 4. The number of hydrogen-bond acceptors (Lipinski definition) is 18. The molecule has 2 aromatic carbocycles. The predicted octanol–water partition coefficient (Wildman–Crippen LogP) is 2.83. The minimum Gasteiger partial charge on any atom is -0.870 e. The van der Waals surface area contributed by atoms with E-state index in [1.54, 1.807) is 95.2 Å². The Morgan fingerprint density at radius 2 is 0.635 bits per heavy atom.